The molecule has 0 bridgehead atoms. The SMILES string of the molecule is C/C=C/C=C/CC1=C(C[C@@H](C)O)C(=O)OC1. The van der Waals surface area contributed by atoms with Gasteiger partial charge in [-0.1, -0.05) is 24.3 Å². The van der Waals surface area contributed by atoms with E-state index in [1.165, 1.54) is 0 Å². The van der Waals surface area contributed by atoms with Gasteiger partial charge in [-0.15, -0.1) is 0 Å². The first-order valence-electron chi connectivity index (χ1n) is 5.49. The minimum Gasteiger partial charge on any atom is -0.458 e. The van der Waals surface area contributed by atoms with Crippen molar-refractivity contribution in [2.24, 2.45) is 0 Å². The number of cyclic esters (lactones) is 1. The second-order valence-electron chi connectivity index (χ2n) is 3.87. The molecule has 1 atom stereocenters. The number of ether oxygens (including phenoxy) is 1. The molecule has 88 valence electrons. The lowest BCUT2D eigenvalue weighted by Crippen LogP contribution is -2.07. The summed E-state index contributed by atoms with van der Waals surface area (Å²) >= 11 is 0. The van der Waals surface area contributed by atoms with Gasteiger partial charge < -0.3 is 9.84 Å². The first-order valence-corrected chi connectivity index (χ1v) is 5.49. The van der Waals surface area contributed by atoms with Crippen LogP contribution in [-0.2, 0) is 9.53 Å². The van der Waals surface area contributed by atoms with Gasteiger partial charge >= 0.3 is 5.97 Å². The summed E-state index contributed by atoms with van der Waals surface area (Å²) < 4.78 is 4.96. The summed E-state index contributed by atoms with van der Waals surface area (Å²) in [6, 6.07) is 0. The smallest absolute Gasteiger partial charge is 0.334 e. The number of aliphatic hydroxyl groups is 1. The summed E-state index contributed by atoms with van der Waals surface area (Å²) in [6.45, 7) is 3.98. The van der Waals surface area contributed by atoms with Gasteiger partial charge in [0.05, 0.1) is 6.10 Å². The van der Waals surface area contributed by atoms with Gasteiger partial charge in [0, 0.05) is 12.0 Å². The van der Waals surface area contributed by atoms with Gasteiger partial charge in [-0.05, 0) is 25.8 Å². The molecule has 0 saturated carbocycles. The van der Waals surface area contributed by atoms with Crippen molar-refractivity contribution < 1.29 is 14.6 Å². The lowest BCUT2D eigenvalue weighted by atomic mass is 10.0. The summed E-state index contributed by atoms with van der Waals surface area (Å²) in [6.07, 6.45) is 8.39. The van der Waals surface area contributed by atoms with Crippen LogP contribution in [0.25, 0.3) is 0 Å². The number of aliphatic hydroxyl groups excluding tert-OH is 1. The van der Waals surface area contributed by atoms with Crippen LogP contribution in [-0.4, -0.2) is 23.8 Å². The maximum atomic E-state index is 11.4. The Morgan fingerprint density at radius 3 is 2.88 bits per heavy atom. The molecule has 16 heavy (non-hydrogen) atoms. The molecule has 3 heteroatoms. The van der Waals surface area contributed by atoms with Crippen molar-refractivity contribution in [3.8, 4) is 0 Å². The summed E-state index contributed by atoms with van der Waals surface area (Å²) in [5.74, 6) is -0.282. The van der Waals surface area contributed by atoms with Crippen molar-refractivity contribution in [1.82, 2.24) is 0 Å². The Kier molecular flexibility index (Phi) is 4.99. The maximum absolute atomic E-state index is 11.4. The van der Waals surface area contributed by atoms with Crippen molar-refractivity contribution in [1.29, 1.82) is 0 Å². The molecule has 1 aliphatic heterocycles. The lowest BCUT2D eigenvalue weighted by molar-refractivity contribution is -0.136. The van der Waals surface area contributed by atoms with Crippen molar-refractivity contribution >= 4 is 5.97 Å². The van der Waals surface area contributed by atoms with E-state index in [9.17, 15) is 9.90 Å². The quantitative estimate of drug-likeness (QED) is 0.572. The largest absolute Gasteiger partial charge is 0.458 e. The van der Waals surface area contributed by atoms with E-state index in [2.05, 4.69) is 0 Å². The van der Waals surface area contributed by atoms with Crippen LogP contribution in [0.15, 0.2) is 35.5 Å². The highest BCUT2D eigenvalue weighted by Gasteiger charge is 2.24. The van der Waals surface area contributed by atoms with E-state index in [-0.39, 0.29) is 5.97 Å². The number of allylic oxidation sites excluding steroid dienone is 4. The average molecular weight is 222 g/mol. The molecule has 0 amide bonds. The Morgan fingerprint density at radius 1 is 1.50 bits per heavy atom. The van der Waals surface area contributed by atoms with Gasteiger partial charge in [0.2, 0.25) is 0 Å². The standard InChI is InChI=1S/C13H18O3/c1-3-4-5-6-7-11-9-16-13(15)12(11)8-10(2)14/h3-6,10,14H,7-9H2,1-2H3/b4-3+,6-5+/t10-/m1/s1. The van der Waals surface area contributed by atoms with Crippen LogP contribution in [0.3, 0.4) is 0 Å². The highest BCUT2D eigenvalue weighted by atomic mass is 16.5. The molecule has 0 aromatic carbocycles. The zero-order valence-electron chi connectivity index (χ0n) is 9.77. The first kappa shape index (κ1) is 12.7. The molecular weight excluding hydrogens is 204 g/mol. The van der Waals surface area contributed by atoms with Crippen molar-refractivity contribution in [2.45, 2.75) is 32.8 Å². The molecule has 0 spiro atoms. The molecule has 0 unspecified atom stereocenters. The molecule has 0 aromatic heterocycles. The van der Waals surface area contributed by atoms with E-state index >= 15 is 0 Å². The van der Waals surface area contributed by atoms with E-state index < -0.39 is 6.10 Å². The topological polar surface area (TPSA) is 46.5 Å². The minimum absolute atomic E-state index is 0.282. The van der Waals surface area contributed by atoms with E-state index in [4.69, 9.17) is 4.74 Å². The molecule has 1 aliphatic rings. The van der Waals surface area contributed by atoms with Gasteiger partial charge in [-0.3, -0.25) is 0 Å². The highest BCUT2D eigenvalue weighted by Crippen LogP contribution is 2.23. The molecular formula is C13H18O3. The number of carbonyl (C=O) groups is 1. The fourth-order valence-electron chi connectivity index (χ4n) is 1.58. The second-order valence-corrected chi connectivity index (χ2v) is 3.87. The monoisotopic (exact) mass is 222 g/mol. The molecule has 1 rings (SSSR count). The Balaban J connectivity index is 2.66. The number of esters is 1. The van der Waals surface area contributed by atoms with Gasteiger partial charge in [-0.2, -0.15) is 0 Å². The number of carbonyl (C=O) groups excluding carboxylic acids is 1. The van der Waals surface area contributed by atoms with Crippen LogP contribution >= 0.6 is 0 Å². The van der Waals surface area contributed by atoms with Crippen LogP contribution in [0.4, 0.5) is 0 Å². The summed E-state index contributed by atoms with van der Waals surface area (Å²) in [5.41, 5.74) is 1.62. The van der Waals surface area contributed by atoms with Crippen LogP contribution in [0.5, 0.6) is 0 Å². The van der Waals surface area contributed by atoms with Crippen molar-refractivity contribution in [2.75, 3.05) is 6.61 Å². The predicted molar refractivity (Wildman–Crippen MR) is 62.9 cm³/mol. The average Bonchev–Trinajstić information content (AvgIpc) is 2.56. The first-order chi connectivity index (χ1) is 7.65. The Bertz CT molecular complexity index is 335. The zero-order chi connectivity index (χ0) is 12.0. The summed E-state index contributed by atoms with van der Waals surface area (Å²) in [5, 5.41) is 9.29. The van der Waals surface area contributed by atoms with Gasteiger partial charge in [0.25, 0.3) is 0 Å². The molecule has 1 heterocycles. The Labute approximate surface area is 96.1 Å². The third-order valence-electron chi connectivity index (χ3n) is 2.35. The van der Waals surface area contributed by atoms with E-state index in [1.807, 2.05) is 31.2 Å². The number of hydrogen-bond acceptors (Lipinski definition) is 3. The Morgan fingerprint density at radius 2 is 2.25 bits per heavy atom. The fourth-order valence-corrected chi connectivity index (χ4v) is 1.58. The van der Waals surface area contributed by atoms with Crippen LogP contribution in [0, 0.1) is 0 Å². The van der Waals surface area contributed by atoms with E-state index in [0.717, 1.165) is 5.57 Å². The molecule has 3 nitrogen and oxygen atoms in total. The Hall–Kier alpha value is -1.35. The van der Waals surface area contributed by atoms with Crippen LogP contribution in [0.1, 0.15) is 26.7 Å². The van der Waals surface area contributed by atoms with Crippen LogP contribution < -0.4 is 0 Å². The fraction of sp³-hybridized carbons (Fsp3) is 0.462. The molecule has 0 aromatic rings. The number of hydrogen-bond donors (Lipinski definition) is 1. The predicted octanol–water partition coefficient (Wildman–Crippen LogP) is 2.13. The van der Waals surface area contributed by atoms with Gasteiger partial charge in [-0.25, -0.2) is 4.79 Å². The number of rotatable bonds is 5. The molecule has 1 N–H and O–H groups in total. The maximum Gasteiger partial charge on any atom is 0.334 e. The van der Waals surface area contributed by atoms with Crippen molar-refractivity contribution in [3.63, 3.8) is 0 Å². The second kappa shape index (κ2) is 6.28. The van der Waals surface area contributed by atoms with E-state index in [1.54, 1.807) is 6.92 Å². The normalized spacial score (nSPS) is 18.8. The molecule has 0 saturated heterocycles. The van der Waals surface area contributed by atoms with Gasteiger partial charge in [0.15, 0.2) is 0 Å². The molecule has 0 radical (unpaired) electrons. The lowest BCUT2D eigenvalue weighted by Gasteiger charge is -2.03. The van der Waals surface area contributed by atoms with E-state index in [0.29, 0.717) is 25.0 Å². The van der Waals surface area contributed by atoms with Crippen LogP contribution in [0.2, 0.25) is 0 Å². The van der Waals surface area contributed by atoms with Gasteiger partial charge in [0.1, 0.15) is 6.61 Å². The highest BCUT2D eigenvalue weighted by molar-refractivity contribution is 5.91. The zero-order valence-corrected chi connectivity index (χ0v) is 9.77. The summed E-state index contributed by atoms with van der Waals surface area (Å²) in [7, 11) is 0. The third-order valence-corrected chi connectivity index (χ3v) is 2.35. The summed E-state index contributed by atoms with van der Waals surface area (Å²) in [4.78, 5) is 11.4. The molecule has 0 fully saturated rings. The van der Waals surface area contributed by atoms with Crippen molar-refractivity contribution in [3.05, 3.63) is 35.5 Å². The third kappa shape index (κ3) is 3.66. The minimum atomic E-state index is -0.504. The molecule has 0 aliphatic carbocycles.